The summed E-state index contributed by atoms with van der Waals surface area (Å²) in [6.07, 6.45) is -0.829. The van der Waals surface area contributed by atoms with Crippen LogP contribution in [0.3, 0.4) is 0 Å². The van der Waals surface area contributed by atoms with Crippen LogP contribution in [0.1, 0.15) is 17.9 Å². The summed E-state index contributed by atoms with van der Waals surface area (Å²) >= 11 is 0. The van der Waals surface area contributed by atoms with Gasteiger partial charge in [-0.05, 0) is 6.92 Å². The van der Waals surface area contributed by atoms with E-state index >= 15 is 0 Å². The van der Waals surface area contributed by atoms with Crippen molar-refractivity contribution in [2.24, 2.45) is 0 Å². The second-order valence-electron chi connectivity index (χ2n) is 4.63. The molecular weight excluding hydrogens is 288 g/mol. The Morgan fingerprint density at radius 3 is 2.95 bits per heavy atom. The van der Waals surface area contributed by atoms with E-state index in [1.807, 2.05) is 0 Å². The summed E-state index contributed by atoms with van der Waals surface area (Å²) in [5.74, 6) is -0.730. The highest BCUT2D eigenvalue weighted by Gasteiger charge is 2.31. The van der Waals surface area contributed by atoms with Gasteiger partial charge in [-0.2, -0.15) is 4.31 Å². The molecule has 8 nitrogen and oxygen atoms in total. The van der Waals surface area contributed by atoms with Gasteiger partial charge in [-0.15, -0.1) is 0 Å². The number of sulfonamides is 1. The lowest BCUT2D eigenvalue weighted by atomic mass is 10.2. The maximum Gasteiger partial charge on any atom is 0.306 e. The van der Waals surface area contributed by atoms with Crippen LogP contribution in [0.15, 0.2) is 10.6 Å². The van der Waals surface area contributed by atoms with Gasteiger partial charge in [-0.1, -0.05) is 5.16 Å². The van der Waals surface area contributed by atoms with Crippen LogP contribution in [0.5, 0.6) is 0 Å². The number of aromatic nitrogens is 1. The molecule has 1 fully saturated rings. The number of ether oxygens (including phenoxy) is 1. The number of carbonyl (C=O) groups is 1. The van der Waals surface area contributed by atoms with Gasteiger partial charge in [0.25, 0.3) is 0 Å². The number of nitrogens with zero attached hydrogens (tertiary/aromatic N) is 2. The summed E-state index contributed by atoms with van der Waals surface area (Å²) in [5.41, 5.74) is 0.337. The number of morpholine rings is 1. The highest BCUT2D eigenvalue weighted by Crippen LogP contribution is 2.16. The van der Waals surface area contributed by atoms with Gasteiger partial charge in [0.1, 0.15) is 17.2 Å². The lowest BCUT2D eigenvalue weighted by Gasteiger charge is -2.31. The van der Waals surface area contributed by atoms with Crippen molar-refractivity contribution in [2.45, 2.75) is 25.2 Å². The quantitative estimate of drug-likeness (QED) is 0.814. The fourth-order valence-corrected chi connectivity index (χ4v) is 3.47. The standard InChI is InChI=1S/C11H16N2O6S/c1-8-4-9(12-19-8)7-20(16,17)13-2-3-18-10(6-13)5-11(14)15/h4,10H,2-3,5-7H2,1H3,(H,14,15). The van der Waals surface area contributed by atoms with Crippen molar-refractivity contribution in [2.75, 3.05) is 19.7 Å². The monoisotopic (exact) mass is 304 g/mol. The minimum atomic E-state index is -3.55. The molecule has 1 N–H and O–H groups in total. The fraction of sp³-hybridized carbons (Fsp3) is 0.636. The van der Waals surface area contributed by atoms with Crippen LogP contribution in [0.2, 0.25) is 0 Å². The Balaban J connectivity index is 2.03. The predicted molar refractivity (Wildman–Crippen MR) is 67.4 cm³/mol. The van der Waals surface area contributed by atoms with Gasteiger partial charge in [0.2, 0.25) is 10.0 Å². The molecule has 1 aromatic rings. The van der Waals surface area contributed by atoms with Crippen LogP contribution < -0.4 is 0 Å². The van der Waals surface area contributed by atoms with E-state index in [9.17, 15) is 13.2 Å². The molecule has 1 unspecified atom stereocenters. The van der Waals surface area contributed by atoms with Gasteiger partial charge in [-0.3, -0.25) is 4.79 Å². The van der Waals surface area contributed by atoms with Crippen molar-refractivity contribution in [3.05, 3.63) is 17.5 Å². The first-order valence-electron chi connectivity index (χ1n) is 6.10. The zero-order valence-electron chi connectivity index (χ0n) is 11.0. The van der Waals surface area contributed by atoms with E-state index in [-0.39, 0.29) is 31.9 Å². The van der Waals surface area contributed by atoms with Crippen LogP contribution in [-0.4, -0.2) is 54.8 Å². The van der Waals surface area contributed by atoms with Crippen LogP contribution in [-0.2, 0) is 25.3 Å². The first kappa shape index (κ1) is 14.9. The second-order valence-corrected chi connectivity index (χ2v) is 6.60. The number of hydrogen-bond donors (Lipinski definition) is 1. The van der Waals surface area contributed by atoms with Gasteiger partial charge in [0, 0.05) is 19.2 Å². The molecule has 0 aromatic carbocycles. The Labute approximate surface area is 116 Å². The van der Waals surface area contributed by atoms with Gasteiger partial charge >= 0.3 is 5.97 Å². The van der Waals surface area contributed by atoms with E-state index in [1.54, 1.807) is 13.0 Å². The summed E-state index contributed by atoms with van der Waals surface area (Å²) in [6, 6.07) is 1.56. The second kappa shape index (κ2) is 5.90. The average Bonchev–Trinajstić information content (AvgIpc) is 2.73. The maximum absolute atomic E-state index is 12.2. The molecule has 20 heavy (non-hydrogen) atoms. The van der Waals surface area contributed by atoms with Crippen molar-refractivity contribution in [1.29, 1.82) is 0 Å². The molecule has 2 rings (SSSR count). The molecule has 2 heterocycles. The molecular formula is C11H16N2O6S. The molecule has 0 spiro atoms. The molecule has 1 atom stereocenters. The molecule has 1 aliphatic heterocycles. The number of rotatable bonds is 5. The Hall–Kier alpha value is -1.45. The zero-order chi connectivity index (χ0) is 14.8. The topological polar surface area (TPSA) is 110 Å². The fourth-order valence-electron chi connectivity index (χ4n) is 2.03. The molecule has 0 bridgehead atoms. The lowest BCUT2D eigenvalue weighted by molar-refractivity contribution is -0.141. The zero-order valence-corrected chi connectivity index (χ0v) is 11.8. The molecule has 0 saturated carbocycles. The van der Waals surface area contributed by atoms with Crippen LogP contribution in [0.25, 0.3) is 0 Å². The first-order valence-corrected chi connectivity index (χ1v) is 7.71. The van der Waals surface area contributed by atoms with Gasteiger partial charge in [-0.25, -0.2) is 8.42 Å². The van der Waals surface area contributed by atoms with E-state index in [1.165, 1.54) is 4.31 Å². The molecule has 0 aliphatic carbocycles. The summed E-state index contributed by atoms with van der Waals surface area (Å²) in [5, 5.41) is 12.4. The van der Waals surface area contributed by atoms with Crippen molar-refractivity contribution >= 4 is 16.0 Å². The third-order valence-corrected chi connectivity index (χ3v) is 4.68. The SMILES string of the molecule is Cc1cc(CS(=O)(=O)N2CCOC(CC(=O)O)C2)no1. The number of aliphatic carboxylic acids is 1. The average molecular weight is 304 g/mol. The number of carboxylic acid groups (broad SMARTS) is 1. The minimum absolute atomic E-state index is 0.0471. The minimum Gasteiger partial charge on any atom is -0.481 e. The van der Waals surface area contributed by atoms with E-state index in [0.717, 1.165) is 0 Å². The molecule has 0 radical (unpaired) electrons. The highest BCUT2D eigenvalue weighted by atomic mass is 32.2. The molecule has 1 aliphatic rings. The Bertz CT molecular complexity index is 581. The molecule has 9 heteroatoms. The Kier molecular flexibility index (Phi) is 4.41. The third kappa shape index (κ3) is 3.78. The van der Waals surface area contributed by atoms with E-state index < -0.39 is 22.1 Å². The molecule has 0 amide bonds. The normalized spacial score (nSPS) is 20.9. The van der Waals surface area contributed by atoms with Gasteiger partial charge < -0.3 is 14.4 Å². The third-order valence-electron chi connectivity index (χ3n) is 2.90. The molecule has 1 saturated heterocycles. The number of hydrogen-bond acceptors (Lipinski definition) is 6. The van der Waals surface area contributed by atoms with Crippen LogP contribution >= 0.6 is 0 Å². The van der Waals surface area contributed by atoms with Crippen LogP contribution in [0.4, 0.5) is 0 Å². The van der Waals surface area contributed by atoms with Gasteiger partial charge in [0.15, 0.2) is 0 Å². The summed E-state index contributed by atoms with van der Waals surface area (Å²) in [4.78, 5) is 10.6. The largest absolute Gasteiger partial charge is 0.481 e. The molecule has 1 aromatic heterocycles. The van der Waals surface area contributed by atoms with Gasteiger partial charge in [0.05, 0.1) is 19.1 Å². The van der Waals surface area contributed by atoms with E-state index in [2.05, 4.69) is 5.16 Å². The van der Waals surface area contributed by atoms with Crippen molar-refractivity contribution in [1.82, 2.24) is 9.46 Å². The summed E-state index contributed by atoms with van der Waals surface area (Å²) < 4.78 is 35.8. The van der Waals surface area contributed by atoms with Crippen molar-refractivity contribution in [3.63, 3.8) is 0 Å². The number of aryl methyl sites for hydroxylation is 1. The summed E-state index contributed by atoms with van der Waals surface area (Å²) in [7, 11) is -3.55. The predicted octanol–water partition coefficient (Wildman–Crippen LogP) is -0.0117. The van der Waals surface area contributed by atoms with E-state index in [4.69, 9.17) is 14.4 Å². The summed E-state index contributed by atoms with van der Waals surface area (Å²) in [6.45, 7) is 2.14. The van der Waals surface area contributed by atoms with Crippen molar-refractivity contribution in [3.8, 4) is 0 Å². The maximum atomic E-state index is 12.2. The Morgan fingerprint density at radius 2 is 2.35 bits per heavy atom. The smallest absolute Gasteiger partial charge is 0.306 e. The lowest BCUT2D eigenvalue weighted by Crippen LogP contribution is -2.46. The van der Waals surface area contributed by atoms with E-state index in [0.29, 0.717) is 11.5 Å². The Morgan fingerprint density at radius 1 is 1.60 bits per heavy atom. The molecule has 112 valence electrons. The van der Waals surface area contributed by atoms with Crippen molar-refractivity contribution < 1.29 is 27.6 Å². The number of carboxylic acids is 1. The first-order chi connectivity index (χ1) is 9.37. The van der Waals surface area contributed by atoms with Crippen LogP contribution in [0, 0.1) is 6.92 Å². The highest BCUT2D eigenvalue weighted by molar-refractivity contribution is 7.88.